The summed E-state index contributed by atoms with van der Waals surface area (Å²) in [5, 5.41) is 12.5. The summed E-state index contributed by atoms with van der Waals surface area (Å²) in [6.07, 6.45) is 5.60. The fourth-order valence-electron chi connectivity index (χ4n) is 2.35. The van der Waals surface area contributed by atoms with E-state index >= 15 is 0 Å². The lowest BCUT2D eigenvalue weighted by molar-refractivity contribution is 0.0390. The summed E-state index contributed by atoms with van der Waals surface area (Å²) in [7, 11) is 1.66. The SMILES string of the molecule is CO[C@@H]1CCCC[C@H]1NC(=O)c1ncccc1O. The third-order valence-corrected chi connectivity index (χ3v) is 3.32. The van der Waals surface area contributed by atoms with Crippen LogP contribution in [0.1, 0.15) is 36.2 Å². The molecule has 2 atom stereocenters. The summed E-state index contributed by atoms with van der Waals surface area (Å²) in [6.45, 7) is 0. The Balaban J connectivity index is 2.04. The zero-order valence-corrected chi connectivity index (χ0v) is 10.4. The molecule has 2 N–H and O–H groups in total. The van der Waals surface area contributed by atoms with Gasteiger partial charge in [0, 0.05) is 13.3 Å². The molecule has 5 nitrogen and oxygen atoms in total. The highest BCUT2D eigenvalue weighted by molar-refractivity contribution is 5.94. The van der Waals surface area contributed by atoms with Crippen molar-refractivity contribution in [2.75, 3.05) is 7.11 Å². The van der Waals surface area contributed by atoms with Gasteiger partial charge < -0.3 is 15.2 Å². The van der Waals surface area contributed by atoms with Crippen molar-refractivity contribution in [1.29, 1.82) is 0 Å². The molecule has 0 aromatic carbocycles. The Morgan fingerprint density at radius 2 is 2.28 bits per heavy atom. The maximum Gasteiger partial charge on any atom is 0.274 e. The van der Waals surface area contributed by atoms with Crippen LogP contribution in [0.15, 0.2) is 18.3 Å². The van der Waals surface area contributed by atoms with Crippen molar-refractivity contribution in [2.24, 2.45) is 0 Å². The number of nitrogens with zero attached hydrogens (tertiary/aromatic N) is 1. The molecule has 98 valence electrons. The highest BCUT2D eigenvalue weighted by atomic mass is 16.5. The Labute approximate surface area is 106 Å². The maximum atomic E-state index is 12.0. The van der Waals surface area contributed by atoms with Gasteiger partial charge in [0.15, 0.2) is 5.69 Å². The second-order valence-corrected chi connectivity index (χ2v) is 4.51. The highest BCUT2D eigenvalue weighted by Crippen LogP contribution is 2.21. The van der Waals surface area contributed by atoms with E-state index in [9.17, 15) is 9.90 Å². The molecule has 5 heteroatoms. The van der Waals surface area contributed by atoms with E-state index in [1.807, 2.05) is 0 Å². The Morgan fingerprint density at radius 3 is 3.00 bits per heavy atom. The molecule has 0 unspecified atom stereocenters. The minimum Gasteiger partial charge on any atom is -0.505 e. The molecule has 1 saturated carbocycles. The van der Waals surface area contributed by atoms with Crippen molar-refractivity contribution in [1.82, 2.24) is 10.3 Å². The van der Waals surface area contributed by atoms with E-state index in [4.69, 9.17) is 4.74 Å². The number of ether oxygens (including phenoxy) is 1. The second-order valence-electron chi connectivity index (χ2n) is 4.51. The van der Waals surface area contributed by atoms with Gasteiger partial charge in [0.2, 0.25) is 0 Å². The van der Waals surface area contributed by atoms with Gasteiger partial charge in [-0.3, -0.25) is 4.79 Å². The predicted octanol–water partition coefficient (Wildman–Crippen LogP) is 1.47. The molecule has 1 fully saturated rings. The van der Waals surface area contributed by atoms with Crippen molar-refractivity contribution >= 4 is 5.91 Å². The molecule has 1 heterocycles. The van der Waals surface area contributed by atoms with Crippen LogP contribution in [0.25, 0.3) is 0 Å². The third kappa shape index (κ3) is 2.79. The lowest BCUT2D eigenvalue weighted by Gasteiger charge is -2.30. The molecule has 0 radical (unpaired) electrons. The van der Waals surface area contributed by atoms with Gasteiger partial charge in [-0.2, -0.15) is 0 Å². The first-order valence-electron chi connectivity index (χ1n) is 6.20. The van der Waals surface area contributed by atoms with Crippen molar-refractivity contribution in [3.8, 4) is 5.75 Å². The van der Waals surface area contributed by atoms with Crippen LogP contribution in [-0.2, 0) is 4.74 Å². The minimum absolute atomic E-state index is 0.00217. The second kappa shape index (κ2) is 5.82. The zero-order valence-electron chi connectivity index (χ0n) is 10.4. The molecule has 1 amide bonds. The van der Waals surface area contributed by atoms with E-state index < -0.39 is 0 Å². The Bertz CT molecular complexity index is 422. The molecule has 18 heavy (non-hydrogen) atoms. The average molecular weight is 250 g/mol. The molecule has 0 bridgehead atoms. The number of hydrogen-bond donors (Lipinski definition) is 2. The zero-order chi connectivity index (χ0) is 13.0. The average Bonchev–Trinajstić information content (AvgIpc) is 2.39. The van der Waals surface area contributed by atoms with Crippen molar-refractivity contribution in [3.63, 3.8) is 0 Å². The van der Waals surface area contributed by atoms with Crippen LogP contribution < -0.4 is 5.32 Å². The molecule has 0 spiro atoms. The summed E-state index contributed by atoms with van der Waals surface area (Å²) in [6, 6.07) is 3.04. The van der Waals surface area contributed by atoms with Gasteiger partial charge in [-0.05, 0) is 25.0 Å². The fourth-order valence-corrected chi connectivity index (χ4v) is 2.35. The predicted molar refractivity (Wildman–Crippen MR) is 66.4 cm³/mol. The number of amides is 1. The van der Waals surface area contributed by atoms with E-state index in [2.05, 4.69) is 10.3 Å². The van der Waals surface area contributed by atoms with Crippen LogP contribution in [-0.4, -0.2) is 35.3 Å². The Kier molecular flexibility index (Phi) is 4.15. The van der Waals surface area contributed by atoms with E-state index in [1.54, 1.807) is 13.2 Å². The molecular weight excluding hydrogens is 232 g/mol. The van der Waals surface area contributed by atoms with Gasteiger partial charge in [0.05, 0.1) is 12.1 Å². The lowest BCUT2D eigenvalue weighted by Crippen LogP contribution is -2.46. The number of hydrogen-bond acceptors (Lipinski definition) is 4. The molecule has 2 rings (SSSR count). The molecule has 0 aliphatic heterocycles. The number of methoxy groups -OCH3 is 1. The standard InChI is InChI=1S/C13H18N2O3/c1-18-11-7-3-2-5-9(11)15-13(17)12-10(16)6-4-8-14-12/h4,6,8-9,11,16H,2-3,5,7H2,1H3,(H,15,17)/t9-,11-/m1/s1. The maximum absolute atomic E-state index is 12.0. The Hall–Kier alpha value is -1.62. The molecule has 1 aromatic heterocycles. The number of pyridine rings is 1. The van der Waals surface area contributed by atoms with Crippen LogP contribution in [0.4, 0.5) is 0 Å². The van der Waals surface area contributed by atoms with Crippen LogP contribution in [0, 0.1) is 0 Å². The normalized spacial score (nSPS) is 23.6. The monoisotopic (exact) mass is 250 g/mol. The molecule has 0 saturated heterocycles. The topological polar surface area (TPSA) is 71.5 Å². The van der Waals surface area contributed by atoms with Crippen molar-refractivity contribution in [3.05, 3.63) is 24.0 Å². The van der Waals surface area contributed by atoms with Crippen LogP contribution in [0.5, 0.6) is 5.75 Å². The first-order valence-corrected chi connectivity index (χ1v) is 6.20. The summed E-state index contributed by atoms with van der Waals surface area (Å²) in [5.74, 6) is -0.443. The summed E-state index contributed by atoms with van der Waals surface area (Å²) >= 11 is 0. The molecule has 1 aliphatic carbocycles. The summed E-state index contributed by atoms with van der Waals surface area (Å²) in [5.41, 5.74) is 0.0675. The highest BCUT2D eigenvalue weighted by Gasteiger charge is 2.27. The van der Waals surface area contributed by atoms with Gasteiger partial charge in [-0.25, -0.2) is 4.98 Å². The number of aromatic nitrogens is 1. The number of rotatable bonds is 3. The van der Waals surface area contributed by atoms with Gasteiger partial charge in [0.25, 0.3) is 5.91 Å². The van der Waals surface area contributed by atoms with Gasteiger partial charge in [-0.15, -0.1) is 0 Å². The molecule has 1 aliphatic rings. The van der Waals surface area contributed by atoms with Crippen molar-refractivity contribution in [2.45, 2.75) is 37.8 Å². The van der Waals surface area contributed by atoms with E-state index in [0.29, 0.717) is 0 Å². The molecular formula is C13H18N2O3. The van der Waals surface area contributed by atoms with E-state index in [1.165, 1.54) is 12.3 Å². The van der Waals surface area contributed by atoms with Crippen LogP contribution >= 0.6 is 0 Å². The van der Waals surface area contributed by atoms with E-state index in [-0.39, 0.29) is 29.5 Å². The van der Waals surface area contributed by atoms with E-state index in [0.717, 1.165) is 25.7 Å². The molecule has 1 aromatic rings. The number of aromatic hydroxyl groups is 1. The van der Waals surface area contributed by atoms with Gasteiger partial charge >= 0.3 is 0 Å². The van der Waals surface area contributed by atoms with Gasteiger partial charge in [0.1, 0.15) is 5.75 Å². The summed E-state index contributed by atoms with van der Waals surface area (Å²) < 4.78 is 5.37. The third-order valence-electron chi connectivity index (χ3n) is 3.32. The smallest absolute Gasteiger partial charge is 0.274 e. The van der Waals surface area contributed by atoms with Crippen molar-refractivity contribution < 1.29 is 14.6 Å². The number of carbonyl (C=O) groups is 1. The number of nitrogens with one attached hydrogen (secondary N) is 1. The minimum atomic E-state index is -0.345. The fraction of sp³-hybridized carbons (Fsp3) is 0.538. The first-order chi connectivity index (χ1) is 8.72. The summed E-state index contributed by atoms with van der Waals surface area (Å²) in [4.78, 5) is 15.9. The number of carbonyl (C=O) groups excluding carboxylic acids is 1. The quantitative estimate of drug-likeness (QED) is 0.852. The first kappa shape index (κ1) is 12.8. The van der Waals surface area contributed by atoms with Crippen LogP contribution in [0.3, 0.4) is 0 Å². The lowest BCUT2D eigenvalue weighted by atomic mass is 9.92. The van der Waals surface area contributed by atoms with Gasteiger partial charge in [-0.1, -0.05) is 12.8 Å². The van der Waals surface area contributed by atoms with Crippen LogP contribution in [0.2, 0.25) is 0 Å². The Morgan fingerprint density at radius 1 is 1.50 bits per heavy atom. The largest absolute Gasteiger partial charge is 0.505 e.